The van der Waals surface area contributed by atoms with Crippen molar-refractivity contribution in [1.29, 1.82) is 5.26 Å². The van der Waals surface area contributed by atoms with Gasteiger partial charge in [0.1, 0.15) is 23.8 Å². The summed E-state index contributed by atoms with van der Waals surface area (Å²) in [6.07, 6.45) is 8.82. The maximum Gasteiger partial charge on any atom is 0.291 e. The number of nitrogen functional groups attached to an aromatic ring is 1. The first-order chi connectivity index (χ1) is 20.0. The molecule has 6 heterocycles. The molecule has 0 saturated carbocycles. The number of anilines is 1. The summed E-state index contributed by atoms with van der Waals surface area (Å²) in [5.74, 6) is 0.392. The molecule has 3 N–H and O–H groups in total. The van der Waals surface area contributed by atoms with Crippen molar-refractivity contribution < 1.29 is 4.79 Å². The fraction of sp³-hybridized carbons (Fsp3) is 0.300. The average molecular weight is 545 g/mol. The van der Waals surface area contributed by atoms with E-state index in [1.165, 1.54) is 6.33 Å². The van der Waals surface area contributed by atoms with Gasteiger partial charge in [-0.1, -0.05) is 43.3 Å². The Bertz CT molecular complexity index is 1770. The summed E-state index contributed by atoms with van der Waals surface area (Å²) in [5, 5.41) is 21.3. The van der Waals surface area contributed by atoms with Crippen molar-refractivity contribution in [1.82, 2.24) is 39.7 Å². The molecule has 11 heteroatoms. The van der Waals surface area contributed by atoms with Crippen molar-refractivity contribution in [3.8, 4) is 28.5 Å². The third-order valence-electron chi connectivity index (χ3n) is 8.84. The van der Waals surface area contributed by atoms with Crippen LogP contribution in [0.4, 0.5) is 5.82 Å². The van der Waals surface area contributed by atoms with Gasteiger partial charge >= 0.3 is 0 Å². The number of amides is 1. The summed E-state index contributed by atoms with van der Waals surface area (Å²) in [6.45, 7) is 2.13. The number of pyridine rings is 1. The molecule has 2 unspecified atom stereocenters. The number of piperidine rings is 1. The molecule has 2 fully saturated rings. The van der Waals surface area contributed by atoms with Gasteiger partial charge in [-0.2, -0.15) is 20.0 Å². The van der Waals surface area contributed by atoms with Crippen LogP contribution in [0.1, 0.15) is 60.9 Å². The average Bonchev–Trinajstić information content (AvgIpc) is 3.76. The standard InChI is InChI=1S/C30H28N10O/c1-2-30(12-20-9-10-21(13-30)39(20)29(41)27-34-17-35-38-27)25-22(14-31)26(32)40-28(37-25)23(16-36-40)19-8-11-24(33-15-19)18-6-4-3-5-7-18/h3-8,11,15-17,20-21H,2,9-10,12-13,32H2,1H3,(H,34,35,38). The van der Waals surface area contributed by atoms with Crippen LogP contribution in [-0.4, -0.2) is 57.7 Å². The number of carbonyl (C=O) groups is 1. The normalized spacial score (nSPS) is 21.7. The predicted octanol–water partition coefficient (Wildman–Crippen LogP) is 4.15. The second-order valence-corrected chi connectivity index (χ2v) is 10.9. The van der Waals surface area contributed by atoms with Crippen LogP contribution in [-0.2, 0) is 5.41 Å². The molecule has 2 atom stereocenters. The Balaban J connectivity index is 1.29. The molecule has 4 aromatic heterocycles. The Hall–Kier alpha value is -5.11. The van der Waals surface area contributed by atoms with E-state index in [2.05, 4.69) is 38.3 Å². The zero-order valence-corrected chi connectivity index (χ0v) is 22.5. The molecule has 0 radical (unpaired) electrons. The van der Waals surface area contributed by atoms with E-state index >= 15 is 0 Å². The quantitative estimate of drug-likeness (QED) is 0.334. The lowest BCUT2D eigenvalue weighted by Gasteiger charge is -2.46. The van der Waals surface area contributed by atoms with Crippen LogP contribution in [0.25, 0.3) is 28.0 Å². The lowest BCUT2D eigenvalue weighted by molar-refractivity contribution is 0.0449. The summed E-state index contributed by atoms with van der Waals surface area (Å²) in [4.78, 5) is 29.1. The number of benzene rings is 1. The highest BCUT2D eigenvalue weighted by molar-refractivity contribution is 5.91. The van der Waals surface area contributed by atoms with E-state index in [0.717, 1.165) is 41.6 Å². The first-order valence-corrected chi connectivity index (χ1v) is 13.8. The van der Waals surface area contributed by atoms with Gasteiger partial charge < -0.3 is 10.6 Å². The number of nitrogens with one attached hydrogen (secondary N) is 1. The Morgan fingerprint density at radius 1 is 1.10 bits per heavy atom. The van der Waals surface area contributed by atoms with Gasteiger partial charge in [-0.25, -0.2) is 9.97 Å². The van der Waals surface area contributed by atoms with Crippen LogP contribution in [0.2, 0.25) is 0 Å². The maximum absolute atomic E-state index is 13.3. The Morgan fingerprint density at radius 2 is 1.88 bits per heavy atom. The largest absolute Gasteiger partial charge is 0.382 e. The van der Waals surface area contributed by atoms with E-state index in [1.54, 1.807) is 10.7 Å². The number of hydrogen-bond acceptors (Lipinski definition) is 8. The number of nitriles is 1. The first-order valence-electron chi connectivity index (χ1n) is 13.8. The van der Waals surface area contributed by atoms with Gasteiger partial charge in [0.15, 0.2) is 5.65 Å². The lowest BCUT2D eigenvalue weighted by Crippen LogP contribution is -2.52. The third-order valence-corrected chi connectivity index (χ3v) is 8.84. The second-order valence-electron chi connectivity index (χ2n) is 10.9. The molecule has 1 amide bonds. The van der Waals surface area contributed by atoms with E-state index in [9.17, 15) is 10.1 Å². The van der Waals surface area contributed by atoms with Gasteiger partial charge in [0.25, 0.3) is 5.91 Å². The molecule has 7 rings (SSSR count). The minimum absolute atomic E-state index is 0.0104. The number of carbonyl (C=O) groups excluding carboxylic acids is 1. The van der Waals surface area contributed by atoms with Crippen LogP contribution in [0, 0.1) is 11.3 Å². The van der Waals surface area contributed by atoms with E-state index in [4.69, 9.17) is 10.7 Å². The first kappa shape index (κ1) is 24.9. The maximum atomic E-state index is 13.3. The summed E-state index contributed by atoms with van der Waals surface area (Å²) >= 11 is 0. The number of nitrogens with two attached hydrogens (primary N) is 1. The molecule has 2 aliphatic heterocycles. The molecule has 11 nitrogen and oxygen atoms in total. The molecule has 2 saturated heterocycles. The highest BCUT2D eigenvalue weighted by Crippen LogP contribution is 2.50. The zero-order chi connectivity index (χ0) is 28.1. The van der Waals surface area contributed by atoms with Gasteiger partial charge in [0.2, 0.25) is 5.82 Å². The molecular weight excluding hydrogens is 516 g/mol. The monoisotopic (exact) mass is 544 g/mol. The highest BCUT2D eigenvalue weighted by Gasteiger charge is 2.52. The van der Waals surface area contributed by atoms with E-state index in [-0.39, 0.29) is 29.6 Å². The molecular formula is C30H28N10O. The van der Waals surface area contributed by atoms with Crippen molar-refractivity contribution in [2.45, 2.75) is 56.5 Å². The second kappa shape index (κ2) is 9.52. The van der Waals surface area contributed by atoms with Gasteiger partial charge in [0, 0.05) is 40.4 Å². The molecule has 1 aromatic carbocycles. The minimum Gasteiger partial charge on any atom is -0.382 e. The van der Waals surface area contributed by atoms with Crippen LogP contribution < -0.4 is 5.73 Å². The Labute approximate surface area is 236 Å². The summed E-state index contributed by atoms with van der Waals surface area (Å²) < 4.78 is 1.54. The van der Waals surface area contributed by atoms with Crippen LogP contribution in [0.5, 0.6) is 0 Å². The predicted molar refractivity (Wildman–Crippen MR) is 151 cm³/mol. The van der Waals surface area contributed by atoms with Crippen molar-refractivity contribution in [3.05, 3.63) is 78.3 Å². The lowest BCUT2D eigenvalue weighted by atomic mass is 9.69. The smallest absolute Gasteiger partial charge is 0.291 e. The van der Waals surface area contributed by atoms with Crippen molar-refractivity contribution in [3.63, 3.8) is 0 Å². The number of H-pyrrole nitrogens is 1. The van der Waals surface area contributed by atoms with E-state index < -0.39 is 5.41 Å². The van der Waals surface area contributed by atoms with Gasteiger partial charge in [-0.15, -0.1) is 0 Å². The van der Waals surface area contributed by atoms with E-state index in [0.29, 0.717) is 29.7 Å². The Morgan fingerprint density at radius 3 is 2.51 bits per heavy atom. The number of aromatic nitrogens is 7. The molecule has 2 bridgehead atoms. The van der Waals surface area contributed by atoms with Crippen LogP contribution in [0.3, 0.4) is 0 Å². The van der Waals surface area contributed by atoms with Gasteiger partial charge in [0.05, 0.1) is 17.6 Å². The van der Waals surface area contributed by atoms with Gasteiger partial charge in [-0.3, -0.25) is 14.9 Å². The number of hydrogen-bond donors (Lipinski definition) is 2. The minimum atomic E-state index is -0.415. The SMILES string of the molecule is CCC1(c2nc3c(-c4ccc(-c5ccccc5)nc4)cnn3c(N)c2C#N)CC2CCC(C1)N2C(=O)c1ncn[nH]1. The van der Waals surface area contributed by atoms with Crippen LogP contribution >= 0.6 is 0 Å². The fourth-order valence-corrected chi connectivity index (χ4v) is 6.80. The van der Waals surface area contributed by atoms with E-state index in [1.807, 2.05) is 53.6 Å². The number of rotatable bonds is 5. The summed E-state index contributed by atoms with van der Waals surface area (Å²) in [6, 6.07) is 16.3. The topological polar surface area (TPSA) is 155 Å². The number of nitrogens with zero attached hydrogens (tertiary/aromatic N) is 8. The molecule has 204 valence electrons. The number of aromatic amines is 1. The van der Waals surface area contributed by atoms with Crippen molar-refractivity contribution >= 4 is 17.4 Å². The third kappa shape index (κ3) is 3.86. The molecule has 5 aromatic rings. The summed E-state index contributed by atoms with van der Waals surface area (Å²) in [7, 11) is 0. The van der Waals surface area contributed by atoms with Crippen molar-refractivity contribution in [2.24, 2.45) is 0 Å². The molecule has 0 aliphatic carbocycles. The van der Waals surface area contributed by atoms with Crippen LogP contribution in [0.15, 0.2) is 61.2 Å². The molecule has 0 spiro atoms. The zero-order valence-electron chi connectivity index (χ0n) is 22.5. The van der Waals surface area contributed by atoms with Gasteiger partial charge in [-0.05, 0) is 38.2 Å². The summed E-state index contributed by atoms with van der Waals surface area (Å²) in [5.41, 5.74) is 11.4. The Kier molecular flexibility index (Phi) is 5.78. The molecule has 2 aliphatic rings. The highest BCUT2D eigenvalue weighted by atomic mass is 16.2. The number of fused-ring (bicyclic) bond motifs is 3. The fourth-order valence-electron chi connectivity index (χ4n) is 6.80. The van der Waals surface area contributed by atoms with Crippen molar-refractivity contribution in [2.75, 3.05) is 5.73 Å². The molecule has 41 heavy (non-hydrogen) atoms.